The third-order valence-corrected chi connectivity index (χ3v) is 1.96. The smallest absolute Gasteiger partial charge is 0.372 e. The van der Waals surface area contributed by atoms with E-state index in [0.717, 1.165) is 18.3 Å². The molecule has 0 aromatic heterocycles. The molecule has 0 amide bonds. The molecule has 14 heavy (non-hydrogen) atoms. The zero-order valence-corrected chi connectivity index (χ0v) is 9.46. The molecule has 0 radical (unpaired) electrons. The van der Waals surface area contributed by atoms with Crippen molar-refractivity contribution in [2.75, 3.05) is 31.6 Å². The lowest BCUT2D eigenvalue weighted by molar-refractivity contribution is -0.173. The van der Waals surface area contributed by atoms with Crippen LogP contribution in [0.15, 0.2) is 0 Å². The van der Waals surface area contributed by atoms with Gasteiger partial charge in [0.1, 0.15) is 6.61 Å². The first-order chi connectivity index (χ1) is 6.56. The van der Waals surface area contributed by atoms with Gasteiger partial charge in [0.15, 0.2) is 0 Å². The van der Waals surface area contributed by atoms with Gasteiger partial charge in [0.05, 0.1) is 0 Å². The number of alkyl halides is 4. The molecule has 0 saturated carbocycles. The van der Waals surface area contributed by atoms with Crippen LogP contribution in [-0.4, -0.2) is 37.8 Å². The van der Waals surface area contributed by atoms with Gasteiger partial charge in [-0.05, 0) is 25.9 Å². The predicted octanol–water partition coefficient (Wildman–Crippen LogP) is 2.33. The van der Waals surface area contributed by atoms with Gasteiger partial charge in [-0.25, -0.2) is 0 Å². The fourth-order valence-corrected chi connectivity index (χ4v) is 1.08. The molecule has 0 aliphatic rings. The maximum absolute atomic E-state index is 11.6. The van der Waals surface area contributed by atoms with Crippen molar-refractivity contribution in [2.24, 2.45) is 0 Å². The summed E-state index contributed by atoms with van der Waals surface area (Å²) >= 11 is 3.28. The third kappa shape index (κ3) is 12.2. The van der Waals surface area contributed by atoms with Crippen molar-refractivity contribution < 1.29 is 17.9 Å². The van der Waals surface area contributed by atoms with E-state index in [1.165, 1.54) is 0 Å². The molecule has 0 bridgehead atoms. The van der Waals surface area contributed by atoms with Gasteiger partial charge < -0.3 is 10.1 Å². The van der Waals surface area contributed by atoms with Crippen LogP contribution in [0.25, 0.3) is 0 Å². The van der Waals surface area contributed by atoms with Crippen LogP contribution in [0.1, 0.15) is 12.8 Å². The highest BCUT2D eigenvalue weighted by Gasteiger charge is 2.26. The SMILES string of the molecule is FC(F)(F)COCCCNCCCBr. The fourth-order valence-electron chi connectivity index (χ4n) is 0.804. The zero-order chi connectivity index (χ0) is 10.9. The van der Waals surface area contributed by atoms with Gasteiger partial charge in [0, 0.05) is 11.9 Å². The number of halogens is 4. The molecule has 0 aromatic carbocycles. The van der Waals surface area contributed by atoms with E-state index in [1.807, 2.05) is 0 Å². The molecule has 0 unspecified atom stereocenters. The molecule has 0 saturated heterocycles. The van der Waals surface area contributed by atoms with Crippen molar-refractivity contribution in [2.45, 2.75) is 19.0 Å². The average molecular weight is 278 g/mol. The molecule has 0 rings (SSSR count). The Morgan fingerprint density at radius 1 is 1.14 bits per heavy atom. The standard InChI is InChI=1S/C8H15BrF3NO/c9-3-1-4-13-5-2-6-14-7-8(10,11)12/h13H,1-7H2. The molecule has 0 fully saturated rings. The minimum absolute atomic E-state index is 0.154. The summed E-state index contributed by atoms with van der Waals surface area (Å²) in [6, 6.07) is 0. The van der Waals surface area contributed by atoms with E-state index in [4.69, 9.17) is 0 Å². The molecule has 0 spiro atoms. The van der Waals surface area contributed by atoms with E-state index >= 15 is 0 Å². The lowest BCUT2D eigenvalue weighted by Gasteiger charge is -2.07. The van der Waals surface area contributed by atoms with Gasteiger partial charge in [-0.3, -0.25) is 0 Å². The van der Waals surface area contributed by atoms with Crippen molar-refractivity contribution in [3.63, 3.8) is 0 Å². The van der Waals surface area contributed by atoms with E-state index in [-0.39, 0.29) is 6.61 Å². The summed E-state index contributed by atoms with van der Waals surface area (Å²) in [5.41, 5.74) is 0. The van der Waals surface area contributed by atoms with Crippen LogP contribution in [-0.2, 0) is 4.74 Å². The molecule has 0 heterocycles. The van der Waals surface area contributed by atoms with Crippen molar-refractivity contribution in [1.29, 1.82) is 0 Å². The van der Waals surface area contributed by atoms with Gasteiger partial charge in [-0.15, -0.1) is 0 Å². The first kappa shape index (κ1) is 14.2. The van der Waals surface area contributed by atoms with Crippen molar-refractivity contribution >= 4 is 15.9 Å². The first-order valence-corrected chi connectivity index (χ1v) is 5.59. The Hall–Kier alpha value is 0.190. The highest BCUT2D eigenvalue weighted by atomic mass is 79.9. The van der Waals surface area contributed by atoms with Crippen LogP contribution >= 0.6 is 15.9 Å². The van der Waals surface area contributed by atoms with Crippen LogP contribution < -0.4 is 5.32 Å². The predicted molar refractivity (Wildman–Crippen MR) is 52.8 cm³/mol. The summed E-state index contributed by atoms with van der Waals surface area (Å²) in [5, 5.41) is 4.03. The van der Waals surface area contributed by atoms with E-state index < -0.39 is 12.8 Å². The third-order valence-electron chi connectivity index (χ3n) is 1.40. The summed E-state index contributed by atoms with van der Waals surface area (Å²) in [5.74, 6) is 0. The van der Waals surface area contributed by atoms with E-state index in [0.29, 0.717) is 13.0 Å². The normalized spacial score (nSPS) is 12.0. The minimum atomic E-state index is -4.20. The lowest BCUT2D eigenvalue weighted by Crippen LogP contribution is -2.21. The maximum atomic E-state index is 11.6. The van der Waals surface area contributed by atoms with Crippen LogP contribution in [0.3, 0.4) is 0 Å². The van der Waals surface area contributed by atoms with Crippen molar-refractivity contribution in [3.8, 4) is 0 Å². The summed E-state index contributed by atoms with van der Waals surface area (Å²) < 4.78 is 39.2. The van der Waals surface area contributed by atoms with Crippen molar-refractivity contribution in [1.82, 2.24) is 5.32 Å². The Morgan fingerprint density at radius 3 is 2.36 bits per heavy atom. The van der Waals surface area contributed by atoms with E-state index in [9.17, 15) is 13.2 Å². The number of rotatable bonds is 8. The summed E-state index contributed by atoms with van der Waals surface area (Å²) in [6.07, 6.45) is -2.58. The van der Waals surface area contributed by atoms with Gasteiger partial charge in [-0.1, -0.05) is 15.9 Å². The molecule has 0 aliphatic heterocycles. The Kier molecular flexibility index (Phi) is 8.61. The zero-order valence-electron chi connectivity index (χ0n) is 7.87. The molecule has 0 aromatic rings. The van der Waals surface area contributed by atoms with Gasteiger partial charge in [-0.2, -0.15) is 13.2 Å². The van der Waals surface area contributed by atoms with Crippen LogP contribution in [0.4, 0.5) is 13.2 Å². The molecule has 1 N–H and O–H groups in total. The minimum Gasteiger partial charge on any atom is -0.372 e. The number of hydrogen-bond donors (Lipinski definition) is 1. The molecule has 0 atom stereocenters. The number of nitrogens with one attached hydrogen (secondary N) is 1. The first-order valence-electron chi connectivity index (χ1n) is 4.47. The second kappa shape index (κ2) is 8.49. The molecule has 0 aliphatic carbocycles. The highest BCUT2D eigenvalue weighted by Crippen LogP contribution is 2.14. The second-order valence-corrected chi connectivity index (χ2v) is 3.61. The number of hydrogen-bond acceptors (Lipinski definition) is 2. The molecular formula is C8H15BrF3NO. The van der Waals surface area contributed by atoms with Gasteiger partial charge in [0.2, 0.25) is 0 Å². The lowest BCUT2D eigenvalue weighted by atomic mass is 10.4. The number of ether oxygens (including phenoxy) is 1. The Morgan fingerprint density at radius 2 is 1.79 bits per heavy atom. The topological polar surface area (TPSA) is 21.3 Å². The Bertz CT molecular complexity index is 132. The second-order valence-electron chi connectivity index (χ2n) is 2.81. The van der Waals surface area contributed by atoms with E-state index in [1.54, 1.807) is 0 Å². The molecular weight excluding hydrogens is 263 g/mol. The monoisotopic (exact) mass is 277 g/mol. The van der Waals surface area contributed by atoms with E-state index in [2.05, 4.69) is 26.0 Å². The van der Waals surface area contributed by atoms with Crippen LogP contribution in [0.2, 0.25) is 0 Å². The molecule has 86 valence electrons. The fraction of sp³-hybridized carbons (Fsp3) is 1.00. The summed E-state index contributed by atoms with van der Waals surface area (Å²) in [4.78, 5) is 0. The van der Waals surface area contributed by atoms with Crippen molar-refractivity contribution in [3.05, 3.63) is 0 Å². The summed E-state index contributed by atoms with van der Waals surface area (Å²) in [7, 11) is 0. The average Bonchev–Trinajstić information content (AvgIpc) is 2.08. The molecule has 2 nitrogen and oxygen atoms in total. The molecule has 6 heteroatoms. The Labute approximate surface area is 90.3 Å². The van der Waals surface area contributed by atoms with Gasteiger partial charge >= 0.3 is 6.18 Å². The summed E-state index contributed by atoms with van der Waals surface area (Å²) in [6.45, 7) is 0.588. The highest BCUT2D eigenvalue weighted by molar-refractivity contribution is 9.09. The van der Waals surface area contributed by atoms with Crippen LogP contribution in [0, 0.1) is 0 Å². The maximum Gasteiger partial charge on any atom is 0.411 e. The van der Waals surface area contributed by atoms with Gasteiger partial charge in [0.25, 0.3) is 0 Å². The quantitative estimate of drug-likeness (QED) is 0.543. The largest absolute Gasteiger partial charge is 0.411 e. The Balaban J connectivity index is 2.99. The van der Waals surface area contributed by atoms with Crippen LogP contribution in [0.5, 0.6) is 0 Å².